The maximum atomic E-state index is 12.4. The summed E-state index contributed by atoms with van der Waals surface area (Å²) in [6.07, 6.45) is 20.3. The highest BCUT2D eigenvalue weighted by Gasteiger charge is 2.28. The molecule has 0 heterocycles. The quantitative estimate of drug-likeness (QED) is 0.0413. The molecule has 0 saturated carbocycles. The van der Waals surface area contributed by atoms with Crippen molar-refractivity contribution in [2.45, 2.75) is 123 Å². The fourth-order valence-corrected chi connectivity index (χ4v) is 5.18. The van der Waals surface area contributed by atoms with Gasteiger partial charge in [-0.05, 0) is 13.3 Å². The lowest BCUT2D eigenvalue weighted by molar-refractivity contribution is -0.870. The molecule has 0 aromatic rings. The number of likely N-dealkylation sites (N-methyl/N-ethyl adjacent to an activating group) is 1. The SMILES string of the molecule is CCCCCCCCCCCCCCCCCCOCC(CNCC(=O)OCC)OP(=O)(O)OCC[N+](C)(C)C. The first-order chi connectivity index (χ1) is 19.1. The van der Waals surface area contributed by atoms with Crippen LogP contribution >= 0.6 is 7.82 Å². The van der Waals surface area contributed by atoms with Crippen molar-refractivity contribution in [3.63, 3.8) is 0 Å². The minimum atomic E-state index is -4.25. The molecule has 2 unspecified atom stereocenters. The molecule has 0 spiro atoms. The Morgan fingerprint density at radius 2 is 1.30 bits per heavy atom. The van der Waals surface area contributed by atoms with E-state index in [4.69, 9.17) is 18.5 Å². The first-order valence-corrected chi connectivity index (χ1v) is 17.5. The summed E-state index contributed by atoms with van der Waals surface area (Å²) in [6, 6.07) is 0. The fraction of sp³-hybridized carbons (Fsp3) is 0.967. The van der Waals surface area contributed by atoms with Gasteiger partial charge in [-0.1, -0.05) is 103 Å². The lowest BCUT2D eigenvalue weighted by Crippen LogP contribution is -2.38. The maximum Gasteiger partial charge on any atom is 0.472 e. The molecule has 9 nitrogen and oxygen atoms in total. The average molecular weight is 596 g/mol. The Labute approximate surface area is 246 Å². The standard InChI is InChI=1S/C30H63N2O7P/c1-6-8-9-10-11-12-13-14-15-16-17-18-19-20-21-22-24-36-28-29(26-31-27-30(33)37-7-2)39-40(34,35)38-25-23-32(3,4)5/h29,31H,6-28H2,1-5H3/p+1. The molecule has 40 heavy (non-hydrogen) atoms. The summed E-state index contributed by atoms with van der Waals surface area (Å²) in [4.78, 5) is 21.7. The number of nitrogens with one attached hydrogen (secondary N) is 1. The lowest BCUT2D eigenvalue weighted by Gasteiger charge is -2.25. The highest BCUT2D eigenvalue weighted by molar-refractivity contribution is 7.47. The number of esters is 1. The molecule has 2 N–H and O–H groups in total. The smallest absolute Gasteiger partial charge is 0.465 e. The summed E-state index contributed by atoms with van der Waals surface area (Å²) in [5.74, 6) is -0.387. The largest absolute Gasteiger partial charge is 0.472 e. The van der Waals surface area contributed by atoms with Crippen LogP contribution in [0.2, 0.25) is 0 Å². The number of phosphoric acid groups is 1. The number of hydrogen-bond acceptors (Lipinski definition) is 7. The van der Waals surface area contributed by atoms with Gasteiger partial charge in [0, 0.05) is 13.2 Å². The second kappa shape index (κ2) is 26.1. The highest BCUT2D eigenvalue weighted by atomic mass is 31.2. The van der Waals surface area contributed by atoms with Crippen molar-refractivity contribution in [2.24, 2.45) is 0 Å². The predicted molar refractivity (Wildman–Crippen MR) is 163 cm³/mol. The zero-order valence-corrected chi connectivity index (χ0v) is 27.5. The normalized spacial score (nSPS) is 14.2. The van der Waals surface area contributed by atoms with Gasteiger partial charge in [0.25, 0.3) is 0 Å². The molecular formula is C30H64N2O7P+. The van der Waals surface area contributed by atoms with E-state index in [9.17, 15) is 14.3 Å². The first kappa shape index (κ1) is 39.5. The van der Waals surface area contributed by atoms with Crippen molar-refractivity contribution in [3.05, 3.63) is 0 Å². The van der Waals surface area contributed by atoms with E-state index in [0.717, 1.165) is 12.8 Å². The van der Waals surface area contributed by atoms with Crippen molar-refractivity contribution in [1.29, 1.82) is 0 Å². The molecule has 0 rings (SSSR count). The molecule has 10 heteroatoms. The number of hydrogen-bond donors (Lipinski definition) is 2. The third-order valence-electron chi connectivity index (χ3n) is 6.69. The maximum absolute atomic E-state index is 12.4. The summed E-state index contributed by atoms with van der Waals surface area (Å²) in [7, 11) is 1.67. The van der Waals surface area contributed by atoms with Gasteiger partial charge < -0.3 is 24.2 Å². The molecule has 0 aliphatic rings. The van der Waals surface area contributed by atoms with Crippen molar-refractivity contribution < 1.29 is 37.3 Å². The predicted octanol–water partition coefficient (Wildman–Crippen LogP) is 6.63. The number of unbranched alkanes of at least 4 members (excludes halogenated alkanes) is 15. The van der Waals surface area contributed by atoms with E-state index in [0.29, 0.717) is 24.2 Å². The van der Waals surface area contributed by atoms with Gasteiger partial charge in [-0.2, -0.15) is 0 Å². The molecule has 0 amide bonds. The fourth-order valence-electron chi connectivity index (χ4n) is 4.29. The zero-order chi connectivity index (χ0) is 30.0. The Kier molecular flexibility index (Phi) is 25.8. The summed E-state index contributed by atoms with van der Waals surface area (Å²) < 4.78 is 34.2. The molecule has 0 saturated heterocycles. The van der Waals surface area contributed by atoms with Crippen LogP contribution in [0.15, 0.2) is 0 Å². The highest BCUT2D eigenvalue weighted by Crippen LogP contribution is 2.44. The number of carbonyl (C=O) groups is 1. The van der Waals surface area contributed by atoms with Gasteiger partial charge in [0.05, 0.1) is 40.9 Å². The van der Waals surface area contributed by atoms with Crippen molar-refractivity contribution in [2.75, 3.05) is 67.2 Å². The minimum absolute atomic E-state index is 0.00901. The Morgan fingerprint density at radius 3 is 1.77 bits per heavy atom. The number of carbonyl (C=O) groups excluding carboxylic acids is 1. The second-order valence-electron chi connectivity index (χ2n) is 11.9. The van der Waals surface area contributed by atoms with Crippen LogP contribution < -0.4 is 5.32 Å². The zero-order valence-electron chi connectivity index (χ0n) is 26.6. The van der Waals surface area contributed by atoms with E-state index in [-0.39, 0.29) is 32.3 Å². The number of ether oxygens (including phenoxy) is 2. The van der Waals surface area contributed by atoms with E-state index in [1.165, 1.54) is 89.9 Å². The molecule has 0 aromatic carbocycles. The summed E-state index contributed by atoms with van der Waals surface area (Å²) in [5.41, 5.74) is 0. The third kappa shape index (κ3) is 29.0. The molecule has 2 atom stereocenters. The van der Waals surface area contributed by atoms with Crippen LogP contribution in [0, 0.1) is 0 Å². The van der Waals surface area contributed by atoms with Gasteiger partial charge in [-0.25, -0.2) is 4.57 Å². The summed E-state index contributed by atoms with van der Waals surface area (Å²) in [6.45, 7) is 5.83. The molecular weight excluding hydrogens is 531 g/mol. The Bertz CT molecular complexity index is 632. The van der Waals surface area contributed by atoms with Crippen molar-refractivity contribution >= 4 is 13.8 Å². The van der Waals surface area contributed by atoms with Crippen LogP contribution in [0.25, 0.3) is 0 Å². The van der Waals surface area contributed by atoms with Gasteiger partial charge in [0.1, 0.15) is 19.3 Å². The Balaban J connectivity index is 3.98. The molecule has 0 fully saturated rings. The minimum Gasteiger partial charge on any atom is -0.465 e. The number of quaternary nitrogens is 1. The van der Waals surface area contributed by atoms with Crippen LogP contribution in [0.1, 0.15) is 117 Å². The number of rotatable bonds is 30. The van der Waals surface area contributed by atoms with Crippen molar-refractivity contribution in [1.82, 2.24) is 5.32 Å². The summed E-state index contributed by atoms with van der Waals surface area (Å²) >= 11 is 0. The molecule has 0 radical (unpaired) electrons. The van der Waals surface area contributed by atoms with E-state index in [2.05, 4.69) is 12.2 Å². The first-order valence-electron chi connectivity index (χ1n) is 16.0. The van der Waals surface area contributed by atoms with Crippen LogP contribution in [-0.4, -0.2) is 88.7 Å². The van der Waals surface area contributed by atoms with E-state index in [1.807, 2.05) is 21.1 Å². The summed E-state index contributed by atoms with van der Waals surface area (Å²) in [5, 5.41) is 2.91. The van der Waals surface area contributed by atoms with Crippen LogP contribution in [0.5, 0.6) is 0 Å². The van der Waals surface area contributed by atoms with E-state index >= 15 is 0 Å². The van der Waals surface area contributed by atoms with E-state index in [1.54, 1.807) is 6.92 Å². The topological polar surface area (TPSA) is 103 Å². The third-order valence-corrected chi connectivity index (χ3v) is 7.76. The Morgan fingerprint density at radius 1 is 0.800 bits per heavy atom. The van der Waals surface area contributed by atoms with Crippen LogP contribution in [0.3, 0.4) is 0 Å². The monoisotopic (exact) mass is 595 g/mol. The second-order valence-corrected chi connectivity index (χ2v) is 13.3. The molecule has 240 valence electrons. The average Bonchev–Trinajstić information content (AvgIpc) is 2.87. The van der Waals surface area contributed by atoms with Crippen LogP contribution in [-0.2, 0) is 27.9 Å². The van der Waals surface area contributed by atoms with Crippen molar-refractivity contribution in [3.8, 4) is 0 Å². The lowest BCUT2D eigenvalue weighted by atomic mass is 10.0. The molecule has 0 aliphatic carbocycles. The number of nitrogens with zero attached hydrogens (tertiary/aromatic N) is 1. The van der Waals surface area contributed by atoms with Gasteiger partial charge in [0.15, 0.2) is 0 Å². The Hall–Kier alpha value is -0.540. The van der Waals surface area contributed by atoms with E-state index < -0.39 is 13.9 Å². The van der Waals surface area contributed by atoms with Gasteiger partial charge in [-0.3, -0.25) is 13.8 Å². The molecule has 0 aliphatic heterocycles. The van der Waals surface area contributed by atoms with Crippen LogP contribution in [0.4, 0.5) is 0 Å². The van der Waals surface area contributed by atoms with Gasteiger partial charge >= 0.3 is 13.8 Å². The number of phosphoric ester groups is 1. The molecule has 0 bridgehead atoms. The van der Waals surface area contributed by atoms with Gasteiger partial charge in [-0.15, -0.1) is 0 Å². The molecule has 0 aromatic heterocycles. The van der Waals surface area contributed by atoms with Gasteiger partial charge in [0.2, 0.25) is 0 Å².